The summed E-state index contributed by atoms with van der Waals surface area (Å²) >= 11 is 0. The number of nitrogens with zero attached hydrogens (tertiary/aromatic N) is 1. The summed E-state index contributed by atoms with van der Waals surface area (Å²) in [5.74, 6) is 0.0881. The normalized spacial score (nSPS) is 18.8. The fourth-order valence-corrected chi connectivity index (χ4v) is 1.82. The molecule has 1 aliphatic rings. The molecule has 1 rings (SSSR count). The van der Waals surface area contributed by atoms with Crippen molar-refractivity contribution < 1.29 is 14.3 Å². The number of carbonyl (C=O) groups excluding carboxylic acids is 1. The minimum absolute atomic E-state index is 0.0881. The number of amides is 1. The Morgan fingerprint density at radius 2 is 2.18 bits per heavy atom. The molecule has 0 aromatic heterocycles. The molecule has 0 aromatic carbocycles. The fraction of sp³-hybridized carbons (Fsp3) is 0.917. The number of hydrogen-bond acceptors (Lipinski definition) is 4. The van der Waals surface area contributed by atoms with Crippen molar-refractivity contribution in [1.82, 2.24) is 10.2 Å². The van der Waals surface area contributed by atoms with Gasteiger partial charge in [-0.3, -0.25) is 4.79 Å². The lowest BCUT2D eigenvalue weighted by atomic mass is 10.3. The highest BCUT2D eigenvalue weighted by molar-refractivity contribution is 5.80. The molecule has 1 amide bonds. The standard InChI is InChI=1S/C12H24N2O3/c1-3-16-9-10-17-11(2)12(15)14-7-4-5-13-6-8-14/h11,13H,3-10H2,1-2H3. The van der Waals surface area contributed by atoms with Gasteiger partial charge in [0.25, 0.3) is 5.91 Å². The smallest absolute Gasteiger partial charge is 0.251 e. The molecule has 0 aliphatic carbocycles. The zero-order valence-corrected chi connectivity index (χ0v) is 10.9. The van der Waals surface area contributed by atoms with Crippen molar-refractivity contribution in [3.05, 3.63) is 0 Å². The maximum atomic E-state index is 12.0. The first-order chi connectivity index (χ1) is 8.25. The Kier molecular flexibility index (Phi) is 7.16. The van der Waals surface area contributed by atoms with Gasteiger partial charge in [0.05, 0.1) is 13.2 Å². The Morgan fingerprint density at radius 3 is 2.94 bits per heavy atom. The molecule has 0 aromatic rings. The molecule has 17 heavy (non-hydrogen) atoms. The van der Waals surface area contributed by atoms with Crippen LogP contribution in [0.1, 0.15) is 20.3 Å². The van der Waals surface area contributed by atoms with E-state index in [2.05, 4.69) is 5.32 Å². The monoisotopic (exact) mass is 244 g/mol. The van der Waals surface area contributed by atoms with Crippen molar-refractivity contribution in [3.8, 4) is 0 Å². The van der Waals surface area contributed by atoms with Crippen LogP contribution in [0.4, 0.5) is 0 Å². The molecule has 100 valence electrons. The van der Waals surface area contributed by atoms with Crippen molar-refractivity contribution in [3.63, 3.8) is 0 Å². The number of ether oxygens (including phenoxy) is 2. The first kappa shape index (κ1) is 14.4. The van der Waals surface area contributed by atoms with Crippen LogP contribution >= 0.6 is 0 Å². The van der Waals surface area contributed by atoms with Crippen LogP contribution in [0.25, 0.3) is 0 Å². The van der Waals surface area contributed by atoms with Crippen LogP contribution in [-0.4, -0.2) is 62.9 Å². The van der Waals surface area contributed by atoms with E-state index >= 15 is 0 Å². The van der Waals surface area contributed by atoms with Crippen LogP contribution in [0.15, 0.2) is 0 Å². The molecular formula is C12H24N2O3. The molecule has 5 nitrogen and oxygen atoms in total. The van der Waals surface area contributed by atoms with Crippen molar-refractivity contribution >= 4 is 5.91 Å². The van der Waals surface area contributed by atoms with E-state index in [1.807, 2.05) is 18.7 Å². The first-order valence-electron chi connectivity index (χ1n) is 6.44. The van der Waals surface area contributed by atoms with Crippen LogP contribution in [-0.2, 0) is 14.3 Å². The summed E-state index contributed by atoms with van der Waals surface area (Å²) < 4.78 is 10.6. The van der Waals surface area contributed by atoms with Gasteiger partial charge in [-0.25, -0.2) is 0 Å². The second-order valence-corrected chi connectivity index (χ2v) is 4.14. The maximum Gasteiger partial charge on any atom is 0.251 e. The molecule has 0 spiro atoms. The molecule has 1 fully saturated rings. The summed E-state index contributed by atoms with van der Waals surface area (Å²) in [6.07, 6.45) is 0.644. The Hall–Kier alpha value is -0.650. The van der Waals surface area contributed by atoms with Crippen LogP contribution in [0, 0.1) is 0 Å². The summed E-state index contributed by atoms with van der Waals surface area (Å²) in [4.78, 5) is 13.9. The third kappa shape index (κ3) is 5.48. The van der Waals surface area contributed by atoms with Crippen molar-refractivity contribution in [2.45, 2.75) is 26.4 Å². The number of rotatable bonds is 6. The summed E-state index contributed by atoms with van der Waals surface area (Å²) in [6.45, 7) is 8.93. The Morgan fingerprint density at radius 1 is 1.35 bits per heavy atom. The lowest BCUT2D eigenvalue weighted by molar-refractivity contribution is -0.143. The van der Waals surface area contributed by atoms with E-state index in [1.165, 1.54) is 0 Å². The van der Waals surface area contributed by atoms with E-state index in [9.17, 15) is 4.79 Å². The predicted octanol–water partition coefficient (Wildman–Crippen LogP) is 0.250. The third-order valence-electron chi connectivity index (χ3n) is 2.80. The topological polar surface area (TPSA) is 50.8 Å². The van der Waals surface area contributed by atoms with Gasteiger partial charge in [0.15, 0.2) is 0 Å². The average molecular weight is 244 g/mol. The molecular weight excluding hydrogens is 220 g/mol. The molecule has 5 heteroatoms. The molecule has 1 aliphatic heterocycles. The molecule has 1 saturated heterocycles. The van der Waals surface area contributed by atoms with E-state index in [1.54, 1.807) is 0 Å². The zero-order valence-electron chi connectivity index (χ0n) is 10.9. The largest absolute Gasteiger partial charge is 0.379 e. The Labute approximate surface area is 103 Å². The fourth-order valence-electron chi connectivity index (χ4n) is 1.82. The lowest BCUT2D eigenvalue weighted by Gasteiger charge is -2.23. The second kappa shape index (κ2) is 8.44. The van der Waals surface area contributed by atoms with Crippen LogP contribution in [0.2, 0.25) is 0 Å². The van der Waals surface area contributed by atoms with Gasteiger partial charge in [-0.2, -0.15) is 0 Å². The highest BCUT2D eigenvalue weighted by Gasteiger charge is 2.21. The van der Waals surface area contributed by atoms with Crippen LogP contribution < -0.4 is 5.32 Å². The summed E-state index contributed by atoms with van der Waals surface area (Å²) in [5, 5.41) is 3.28. The Balaban J connectivity index is 2.24. The van der Waals surface area contributed by atoms with E-state index < -0.39 is 0 Å². The SMILES string of the molecule is CCOCCOC(C)C(=O)N1CCCNCC1. The molecule has 1 heterocycles. The van der Waals surface area contributed by atoms with Crippen molar-refractivity contribution in [2.75, 3.05) is 46.0 Å². The molecule has 0 radical (unpaired) electrons. The molecule has 1 N–H and O–H groups in total. The predicted molar refractivity (Wildman–Crippen MR) is 66.0 cm³/mol. The van der Waals surface area contributed by atoms with Gasteiger partial charge in [0.1, 0.15) is 6.10 Å². The molecule has 1 unspecified atom stereocenters. The van der Waals surface area contributed by atoms with E-state index in [0.717, 1.165) is 32.6 Å². The highest BCUT2D eigenvalue weighted by atomic mass is 16.5. The lowest BCUT2D eigenvalue weighted by Crippen LogP contribution is -2.41. The molecule has 0 bridgehead atoms. The highest BCUT2D eigenvalue weighted by Crippen LogP contribution is 2.02. The summed E-state index contributed by atoms with van der Waals surface area (Å²) in [5.41, 5.74) is 0. The van der Waals surface area contributed by atoms with Crippen molar-refractivity contribution in [1.29, 1.82) is 0 Å². The summed E-state index contributed by atoms with van der Waals surface area (Å²) in [7, 11) is 0. The molecule has 1 atom stereocenters. The van der Waals surface area contributed by atoms with Gasteiger partial charge in [0.2, 0.25) is 0 Å². The molecule has 0 saturated carbocycles. The van der Waals surface area contributed by atoms with Crippen LogP contribution in [0.3, 0.4) is 0 Å². The van der Waals surface area contributed by atoms with Crippen molar-refractivity contribution in [2.24, 2.45) is 0 Å². The first-order valence-corrected chi connectivity index (χ1v) is 6.44. The summed E-state index contributed by atoms with van der Waals surface area (Å²) in [6, 6.07) is 0. The average Bonchev–Trinajstić information content (AvgIpc) is 2.62. The minimum atomic E-state index is -0.367. The zero-order chi connectivity index (χ0) is 12.5. The number of nitrogens with one attached hydrogen (secondary N) is 1. The van der Waals surface area contributed by atoms with Gasteiger partial charge >= 0.3 is 0 Å². The van der Waals surface area contributed by atoms with Gasteiger partial charge in [-0.15, -0.1) is 0 Å². The van der Waals surface area contributed by atoms with E-state index in [-0.39, 0.29) is 12.0 Å². The Bertz CT molecular complexity index is 216. The maximum absolute atomic E-state index is 12.0. The third-order valence-corrected chi connectivity index (χ3v) is 2.80. The van der Waals surface area contributed by atoms with Gasteiger partial charge in [-0.1, -0.05) is 0 Å². The van der Waals surface area contributed by atoms with Gasteiger partial charge < -0.3 is 19.7 Å². The van der Waals surface area contributed by atoms with Gasteiger partial charge in [0, 0.05) is 26.2 Å². The van der Waals surface area contributed by atoms with E-state index in [0.29, 0.717) is 19.8 Å². The second-order valence-electron chi connectivity index (χ2n) is 4.14. The number of carbonyl (C=O) groups is 1. The van der Waals surface area contributed by atoms with Crippen LogP contribution in [0.5, 0.6) is 0 Å². The number of hydrogen-bond donors (Lipinski definition) is 1. The minimum Gasteiger partial charge on any atom is -0.379 e. The van der Waals surface area contributed by atoms with E-state index in [4.69, 9.17) is 9.47 Å². The van der Waals surface area contributed by atoms with Gasteiger partial charge in [-0.05, 0) is 26.8 Å². The quantitative estimate of drug-likeness (QED) is 0.681.